The van der Waals surface area contributed by atoms with Crippen LogP contribution in [0.5, 0.6) is 0 Å². The molecule has 10 heteroatoms. The van der Waals surface area contributed by atoms with E-state index in [1.165, 1.54) is 0 Å². The Hall–Kier alpha value is -1.56. The number of nitrogens with one attached hydrogen (secondary N) is 1. The van der Waals surface area contributed by atoms with Gasteiger partial charge in [0, 0.05) is 25.4 Å². The summed E-state index contributed by atoms with van der Waals surface area (Å²) in [6, 6.07) is 7.16. The zero-order chi connectivity index (χ0) is 17.5. The fraction of sp³-hybridized carbons (Fsp3) is 0.429. The molecule has 0 aliphatic heterocycles. The number of hydrogen-bond acceptors (Lipinski definition) is 3. The van der Waals surface area contributed by atoms with E-state index in [1.54, 1.807) is 19.2 Å². The molecule has 0 aliphatic carbocycles. The summed E-state index contributed by atoms with van der Waals surface area (Å²) in [5, 5.41) is 2.79. The Balaban J connectivity index is 0.00000529. The molecule has 0 spiro atoms. The number of amides is 1. The Labute approximate surface area is 155 Å². The number of benzene rings is 1. The summed E-state index contributed by atoms with van der Waals surface area (Å²) in [5.41, 5.74) is 7.12. The Morgan fingerprint density at radius 2 is 2.00 bits per heavy atom. The molecule has 6 nitrogen and oxygen atoms in total. The lowest BCUT2D eigenvalue weighted by Crippen LogP contribution is -2.37. The van der Waals surface area contributed by atoms with Crippen molar-refractivity contribution in [3.8, 4) is 0 Å². The standard InChI is InChI=1S/C14H19F3N4O2.HI/c1-21(9-14(15,16)17)12(22)7-19-13(18)20-11-6-4-3-5-10(11)8-23-2;/h3-6H,7-9H2,1-2H3,(H3,18,19,20);1H. The number of likely N-dealkylation sites (N-methyl/N-ethyl adjacent to an activating group) is 1. The summed E-state index contributed by atoms with van der Waals surface area (Å²) >= 11 is 0. The molecule has 0 bridgehead atoms. The zero-order valence-electron chi connectivity index (χ0n) is 13.3. The van der Waals surface area contributed by atoms with E-state index in [9.17, 15) is 18.0 Å². The average molecular weight is 460 g/mol. The van der Waals surface area contributed by atoms with Gasteiger partial charge in [-0.2, -0.15) is 13.2 Å². The van der Waals surface area contributed by atoms with Gasteiger partial charge in [0.2, 0.25) is 5.91 Å². The molecule has 0 saturated carbocycles. The van der Waals surface area contributed by atoms with E-state index >= 15 is 0 Å². The average Bonchev–Trinajstić information content (AvgIpc) is 2.45. The smallest absolute Gasteiger partial charge is 0.380 e. The molecule has 1 amide bonds. The van der Waals surface area contributed by atoms with Crippen LogP contribution < -0.4 is 11.1 Å². The molecule has 24 heavy (non-hydrogen) atoms. The number of anilines is 1. The fourth-order valence-electron chi connectivity index (χ4n) is 1.73. The summed E-state index contributed by atoms with van der Waals surface area (Å²) in [5.74, 6) is -0.848. The Morgan fingerprint density at radius 1 is 1.38 bits per heavy atom. The maximum Gasteiger partial charge on any atom is 0.406 e. The van der Waals surface area contributed by atoms with Crippen molar-refractivity contribution in [3.05, 3.63) is 29.8 Å². The van der Waals surface area contributed by atoms with E-state index in [4.69, 9.17) is 10.5 Å². The van der Waals surface area contributed by atoms with Crippen LogP contribution in [0.25, 0.3) is 0 Å². The molecule has 0 heterocycles. The summed E-state index contributed by atoms with van der Waals surface area (Å²) in [6.07, 6.45) is -4.45. The van der Waals surface area contributed by atoms with Crippen LogP contribution >= 0.6 is 24.0 Å². The minimum absolute atomic E-state index is 0. The number of alkyl halides is 3. The van der Waals surface area contributed by atoms with Gasteiger partial charge >= 0.3 is 6.18 Å². The molecule has 0 radical (unpaired) electrons. The van der Waals surface area contributed by atoms with E-state index in [2.05, 4.69) is 10.3 Å². The van der Waals surface area contributed by atoms with Gasteiger partial charge in [0.25, 0.3) is 0 Å². The van der Waals surface area contributed by atoms with Crippen molar-refractivity contribution in [2.45, 2.75) is 12.8 Å². The highest BCUT2D eigenvalue weighted by atomic mass is 127. The van der Waals surface area contributed by atoms with Crippen molar-refractivity contribution in [2.24, 2.45) is 10.7 Å². The third-order valence-corrected chi connectivity index (χ3v) is 2.81. The fourth-order valence-corrected chi connectivity index (χ4v) is 1.73. The van der Waals surface area contributed by atoms with Crippen LogP contribution in [0.15, 0.2) is 29.3 Å². The molecule has 3 N–H and O–H groups in total. The van der Waals surface area contributed by atoms with Gasteiger partial charge in [-0.1, -0.05) is 18.2 Å². The topological polar surface area (TPSA) is 80.0 Å². The molecule has 0 saturated heterocycles. The maximum atomic E-state index is 12.2. The molecule has 0 unspecified atom stereocenters. The molecule has 0 fully saturated rings. The van der Waals surface area contributed by atoms with Crippen molar-refractivity contribution >= 4 is 41.5 Å². The van der Waals surface area contributed by atoms with Crippen molar-refractivity contribution in [2.75, 3.05) is 32.6 Å². The highest BCUT2D eigenvalue weighted by Gasteiger charge is 2.30. The summed E-state index contributed by atoms with van der Waals surface area (Å²) < 4.78 is 41.6. The molecule has 1 aromatic carbocycles. The van der Waals surface area contributed by atoms with Crippen LogP contribution in [0.1, 0.15) is 5.56 Å². The lowest BCUT2D eigenvalue weighted by atomic mass is 10.2. The SMILES string of the molecule is COCc1ccccc1NC(N)=NCC(=O)N(C)CC(F)(F)F.I. The van der Waals surface area contributed by atoms with Crippen LogP contribution in [0.4, 0.5) is 18.9 Å². The molecular weight excluding hydrogens is 440 g/mol. The Morgan fingerprint density at radius 3 is 2.58 bits per heavy atom. The number of carbonyl (C=O) groups is 1. The second kappa shape index (κ2) is 10.3. The molecule has 0 aliphatic rings. The van der Waals surface area contributed by atoms with Gasteiger partial charge in [0.1, 0.15) is 13.1 Å². The second-order valence-corrected chi connectivity index (χ2v) is 4.78. The monoisotopic (exact) mass is 460 g/mol. The van der Waals surface area contributed by atoms with Crippen LogP contribution in [0.3, 0.4) is 0 Å². The maximum absolute atomic E-state index is 12.2. The number of nitrogens with zero attached hydrogens (tertiary/aromatic N) is 2. The van der Waals surface area contributed by atoms with E-state index in [1.807, 2.05) is 12.1 Å². The number of halogens is 4. The van der Waals surface area contributed by atoms with Crippen LogP contribution in [-0.4, -0.2) is 50.2 Å². The van der Waals surface area contributed by atoms with Crippen LogP contribution in [-0.2, 0) is 16.1 Å². The summed E-state index contributed by atoms with van der Waals surface area (Å²) in [6.45, 7) is -1.45. The minimum atomic E-state index is -4.45. The van der Waals surface area contributed by atoms with Gasteiger partial charge in [0.15, 0.2) is 5.96 Å². The third-order valence-electron chi connectivity index (χ3n) is 2.81. The van der Waals surface area contributed by atoms with Gasteiger partial charge in [-0.3, -0.25) is 4.79 Å². The largest absolute Gasteiger partial charge is 0.406 e. The number of aliphatic imine (C=N–C) groups is 1. The van der Waals surface area contributed by atoms with Gasteiger partial charge in [-0.25, -0.2) is 4.99 Å². The van der Waals surface area contributed by atoms with Crippen molar-refractivity contribution in [3.63, 3.8) is 0 Å². The molecule has 1 rings (SSSR count). The Bertz CT molecular complexity index is 567. The Kier molecular flexibility index (Phi) is 9.66. The highest BCUT2D eigenvalue weighted by Crippen LogP contribution is 2.16. The first-order valence-corrected chi connectivity index (χ1v) is 6.67. The normalized spacial score (nSPS) is 11.6. The first-order valence-electron chi connectivity index (χ1n) is 6.67. The number of ether oxygens (including phenoxy) is 1. The predicted molar refractivity (Wildman–Crippen MR) is 96.4 cm³/mol. The van der Waals surface area contributed by atoms with Gasteiger partial charge in [-0.05, 0) is 6.07 Å². The first-order chi connectivity index (χ1) is 10.7. The predicted octanol–water partition coefficient (Wildman–Crippen LogP) is 2.20. The minimum Gasteiger partial charge on any atom is -0.380 e. The molecule has 136 valence electrons. The van der Waals surface area contributed by atoms with Crippen molar-refractivity contribution < 1.29 is 22.7 Å². The van der Waals surface area contributed by atoms with Crippen LogP contribution in [0, 0.1) is 0 Å². The lowest BCUT2D eigenvalue weighted by molar-refractivity contribution is -0.157. The molecule has 0 aromatic heterocycles. The molecular formula is C14H20F3IN4O2. The number of methoxy groups -OCH3 is 1. The lowest BCUT2D eigenvalue weighted by Gasteiger charge is -2.18. The summed E-state index contributed by atoms with van der Waals surface area (Å²) in [4.78, 5) is 15.9. The number of carbonyl (C=O) groups excluding carboxylic acids is 1. The van der Waals surface area contributed by atoms with Crippen LogP contribution in [0.2, 0.25) is 0 Å². The number of para-hydroxylation sites is 1. The zero-order valence-corrected chi connectivity index (χ0v) is 15.6. The van der Waals surface area contributed by atoms with Gasteiger partial charge < -0.3 is 20.7 Å². The van der Waals surface area contributed by atoms with Crippen molar-refractivity contribution in [1.82, 2.24) is 4.90 Å². The van der Waals surface area contributed by atoms with Gasteiger partial charge in [0.05, 0.1) is 6.61 Å². The second-order valence-electron chi connectivity index (χ2n) is 4.78. The van der Waals surface area contributed by atoms with Crippen molar-refractivity contribution in [1.29, 1.82) is 0 Å². The van der Waals surface area contributed by atoms with Gasteiger partial charge in [-0.15, -0.1) is 24.0 Å². The number of guanidine groups is 1. The first kappa shape index (κ1) is 22.4. The number of hydrogen-bond donors (Lipinski definition) is 2. The third kappa shape index (κ3) is 8.34. The highest BCUT2D eigenvalue weighted by molar-refractivity contribution is 14.0. The molecule has 1 aromatic rings. The number of rotatable bonds is 6. The summed E-state index contributed by atoms with van der Waals surface area (Å²) in [7, 11) is 2.60. The molecule has 0 atom stereocenters. The van der Waals surface area contributed by atoms with E-state index in [0.717, 1.165) is 12.6 Å². The quantitative estimate of drug-likeness (QED) is 0.388. The van der Waals surface area contributed by atoms with E-state index in [-0.39, 0.29) is 29.9 Å². The number of nitrogens with two attached hydrogens (primary N) is 1. The van der Waals surface area contributed by atoms with E-state index < -0.39 is 25.2 Å². The van der Waals surface area contributed by atoms with E-state index in [0.29, 0.717) is 17.2 Å².